The zero-order valence-electron chi connectivity index (χ0n) is 88.9. The number of amides is 2. The van der Waals surface area contributed by atoms with Crippen molar-refractivity contribution >= 4 is 45.0 Å². The molecule has 0 saturated carbocycles. The molecular weight excluding hydrogens is 1800 g/mol. The van der Waals surface area contributed by atoms with Crippen LogP contribution in [-0.4, -0.2) is 229 Å². The molecule has 0 atom stereocenters. The molecule has 28 heteroatoms. The number of hydrogen-bond donors (Lipinski definition) is 4. The van der Waals surface area contributed by atoms with Crippen LogP contribution in [-0.2, 0) is 79.5 Å². The van der Waals surface area contributed by atoms with Crippen LogP contribution < -0.4 is 49.9 Å². The first-order valence-electron chi connectivity index (χ1n) is 55.7. The van der Waals surface area contributed by atoms with E-state index in [0.29, 0.717) is 119 Å². The Kier molecular flexibility index (Phi) is 76.9. The maximum atomic E-state index is 14.9. The van der Waals surface area contributed by atoms with E-state index in [1.165, 1.54) is 246 Å². The van der Waals surface area contributed by atoms with Crippen LogP contribution in [0.1, 0.15) is 355 Å². The van der Waals surface area contributed by atoms with Crippen LogP contribution in [0.15, 0.2) is 52.3 Å². The third-order valence-corrected chi connectivity index (χ3v) is 24.8. The van der Waals surface area contributed by atoms with Gasteiger partial charge in [0.25, 0.3) is 0 Å². The van der Waals surface area contributed by atoms with Gasteiger partial charge in [0, 0.05) is 75.3 Å². The Bertz CT molecular complexity index is 3660. The Morgan fingerprint density at radius 2 is 0.418 bits per heavy atom. The fourth-order valence-electron chi connectivity index (χ4n) is 16.9. The van der Waals surface area contributed by atoms with Crippen LogP contribution in [0.2, 0.25) is 0 Å². The average Bonchev–Trinajstić information content (AvgIpc) is 0.732. The molecule has 141 heavy (non-hydrogen) atoms. The fraction of sp³-hybridized carbons (Fsp3) is 0.770. The van der Waals surface area contributed by atoms with Gasteiger partial charge in [0.2, 0.25) is 34.2 Å². The summed E-state index contributed by atoms with van der Waals surface area (Å²) in [6, 6.07) is 7.77. The van der Waals surface area contributed by atoms with Crippen LogP contribution in [0.25, 0.3) is 21.8 Å². The lowest BCUT2D eigenvalue weighted by atomic mass is 10.0. The van der Waals surface area contributed by atoms with Gasteiger partial charge in [-0.15, -0.1) is 0 Å². The Morgan fingerprint density at radius 1 is 0.241 bits per heavy atom. The minimum atomic E-state index is -0.837. The SMILES string of the molecule is CCCCCCCCCCOCCOCCOc1cc(NC(=O)Cn2cc(O)c(=O)c3cc4c(=O)c(O)cn(CC(=O)Nc5cc(OCCOCCOCCCCCCCCCC)c(OCCOCCOCCCCCCCCCC)c(OCCOCCOCCCCCCCCCC)c5)c4c(C)c32)cc(OCCOCCOCCCCCCCCCC)c1OCCOCCOCCCCCCCCCC. The number of hydrogen-bond acceptors (Lipinski definition) is 24. The molecule has 2 amide bonds. The van der Waals surface area contributed by atoms with Gasteiger partial charge >= 0.3 is 0 Å². The molecule has 5 aromatic rings. The van der Waals surface area contributed by atoms with E-state index in [1.807, 2.05) is 0 Å². The molecule has 0 saturated heterocycles. The molecule has 0 fully saturated rings. The van der Waals surface area contributed by atoms with E-state index in [0.717, 1.165) is 89.4 Å². The monoisotopic (exact) mass is 1990 g/mol. The smallest absolute Gasteiger partial charge is 0.244 e. The number of carbonyl (C=O) groups is 2. The summed E-state index contributed by atoms with van der Waals surface area (Å²) >= 11 is 0. The number of unbranched alkanes of at least 4 members (excludes halogenated alkanes) is 42. The standard InChI is InChI=1S/C113H192N4O24/c1-8-14-20-26-32-38-44-50-56-124-62-68-130-74-80-136-102-86-96(87-103(137-81-75-131-69-63-125-57-51-45-39-33-27-21-15-9-2)112(102)140-84-78-134-72-66-128-60-54-48-42-36-30-24-18-12-5)114-106(120)93-116-91-100(118)110(122)98-90-99-109(95(7)108(98)116)117(92-101(119)111(99)123)94-107(121)115-97-88-104(138-82-76-132-70-64-126-58-52-46-40-34-28-22-16-10-3)113(141-85-79-135-73-67-129-61-55-49-43-37-31-25-19-13-6)105(89-97)139-83-77-133-71-65-127-59-53-47-41-35-29-23-17-11-4/h86-92,118-119H,8-85,93-94H2,1-7H3,(H,114,120)(H,115,121). The number of rotatable bonds is 102. The van der Waals surface area contributed by atoms with Gasteiger partial charge in [-0.2, -0.15) is 0 Å². The van der Waals surface area contributed by atoms with E-state index in [-0.39, 0.29) is 153 Å². The van der Waals surface area contributed by atoms with Crippen molar-refractivity contribution in [2.75, 3.05) is 209 Å². The molecule has 0 bridgehead atoms. The van der Waals surface area contributed by atoms with Crippen LogP contribution >= 0.6 is 0 Å². The highest BCUT2D eigenvalue weighted by atomic mass is 16.6. The number of fused-ring (bicyclic) bond motifs is 2. The van der Waals surface area contributed by atoms with Crippen molar-refractivity contribution in [2.24, 2.45) is 0 Å². The van der Waals surface area contributed by atoms with Crippen molar-refractivity contribution < 1.29 is 105 Å². The van der Waals surface area contributed by atoms with Crippen molar-refractivity contribution in [1.82, 2.24) is 9.13 Å². The Morgan fingerprint density at radius 3 is 0.624 bits per heavy atom. The molecular formula is C113H192N4O24. The minimum Gasteiger partial charge on any atom is -0.503 e. The van der Waals surface area contributed by atoms with E-state index in [1.54, 1.807) is 31.2 Å². The van der Waals surface area contributed by atoms with E-state index in [4.69, 9.17) is 85.3 Å². The molecule has 4 N–H and O–H groups in total. The first-order valence-corrected chi connectivity index (χ1v) is 55.7. The van der Waals surface area contributed by atoms with E-state index in [9.17, 15) is 29.4 Å². The molecule has 28 nitrogen and oxygen atoms in total. The summed E-state index contributed by atoms with van der Waals surface area (Å²) < 4.78 is 114. The summed E-state index contributed by atoms with van der Waals surface area (Å²) in [4.78, 5) is 58.4. The number of aryl methyl sites for hydroxylation is 1. The predicted octanol–water partition coefficient (Wildman–Crippen LogP) is 24.6. The fourth-order valence-corrected chi connectivity index (χ4v) is 16.9. The van der Waals surface area contributed by atoms with Gasteiger partial charge in [-0.25, -0.2) is 0 Å². The van der Waals surface area contributed by atoms with Gasteiger partial charge in [0.15, 0.2) is 34.5 Å². The molecule has 0 aliphatic heterocycles. The lowest BCUT2D eigenvalue weighted by molar-refractivity contribution is -0.117. The maximum Gasteiger partial charge on any atom is 0.244 e. The zero-order valence-corrected chi connectivity index (χ0v) is 88.9. The summed E-state index contributed by atoms with van der Waals surface area (Å²) in [7, 11) is 0. The number of aromatic hydroxyl groups is 2. The lowest BCUT2D eigenvalue weighted by Gasteiger charge is -2.20. The number of nitrogens with zero attached hydrogens (tertiary/aromatic N) is 2. The quantitative estimate of drug-likeness (QED) is 0.0208. The molecule has 0 unspecified atom stereocenters. The Labute approximate surface area is 848 Å². The molecule has 0 spiro atoms. The number of aromatic nitrogens is 2. The third kappa shape index (κ3) is 60.0. The summed E-state index contributed by atoms with van der Waals surface area (Å²) in [6.45, 7) is 24.6. The number of pyridine rings is 2. The van der Waals surface area contributed by atoms with Gasteiger partial charge in [-0.1, -0.05) is 311 Å². The molecule has 3 aromatic carbocycles. The van der Waals surface area contributed by atoms with Crippen LogP contribution in [0.3, 0.4) is 0 Å². The Balaban J connectivity index is 1.43. The van der Waals surface area contributed by atoms with Crippen molar-refractivity contribution in [3.05, 3.63) is 68.7 Å². The second-order valence-electron chi connectivity index (χ2n) is 37.2. The van der Waals surface area contributed by atoms with E-state index < -0.39 is 47.3 Å². The first kappa shape index (κ1) is 124. The summed E-state index contributed by atoms with van der Waals surface area (Å²) in [6.07, 6.45) is 60.5. The number of benzene rings is 3. The van der Waals surface area contributed by atoms with Crippen molar-refractivity contribution in [3.8, 4) is 46.0 Å². The molecule has 2 aromatic heterocycles. The molecule has 0 aliphatic rings. The average molecular weight is 1990 g/mol. The number of nitrogens with one attached hydrogen (secondary N) is 2. The largest absolute Gasteiger partial charge is 0.503 e. The van der Waals surface area contributed by atoms with E-state index in [2.05, 4.69) is 52.2 Å². The molecule has 808 valence electrons. The van der Waals surface area contributed by atoms with Crippen LogP contribution in [0.4, 0.5) is 11.4 Å². The molecule has 2 heterocycles. The highest BCUT2D eigenvalue weighted by Gasteiger charge is 2.25. The van der Waals surface area contributed by atoms with Gasteiger partial charge in [-0.3, -0.25) is 19.2 Å². The first-order chi connectivity index (χ1) is 69.4. The van der Waals surface area contributed by atoms with Crippen molar-refractivity contribution in [1.29, 1.82) is 0 Å². The zero-order chi connectivity index (χ0) is 101. The van der Waals surface area contributed by atoms with Crippen molar-refractivity contribution in [2.45, 2.75) is 370 Å². The van der Waals surface area contributed by atoms with Crippen LogP contribution in [0, 0.1) is 6.92 Å². The third-order valence-electron chi connectivity index (χ3n) is 24.8. The molecule has 5 rings (SSSR count). The van der Waals surface area contributed by atoms with Gasteiger partial charge in [0.05, 0.1) is 153 Å². The summed E-state index contributed by atoms with van der Waals surface area (Å²) in [5.74, 6) is -1.21. The summed E-state index contributed by atoms with van der Waals surface area (Å²) in [5, 5.41) is 28.7. The van der Waals surface area contributed by atoms with Gasteiger partial charge < -0.3 is 115 Å². The number of ether oxygens (including phenoxy) is 18. The van der Waals surface area contributed by atoms with Crippen molar-refractivity contribution in [3.63, 3.8) is 0 Å². The lowest BCUT2D eigenvalue weighted by Crippen LogP contribution is -2.23. The van der Waals surface area contributed by atoms with Gasteiger partial charge in [0.1, 0.15) is 52.7 Å². The number of anilines is 2. The van der Waals surface area contributed by atoms with Gasteiger partial charge in [-0.05, 0) is 57.1 Å². The number of carbonyl (C=O) groups excluding carboxylic acids is 2. The molecule has 0 radical (unpaired) electrons. The second kappa shape index (κ2) is 87.2. The minimum absolute atomic E-state index is 0.0850. The van der Waals surface area contributed by atoms with E-state index >= 15 is 0 Å². The maximum absolute atomic E-state index is 14.9. The second-order valence-corrected chi connectivity index (χ2v) is 37.2. The predicted molar refractivity (Wildman–Crippen MR) is 567 cm³/mol. The summed E-state index contributed by atoms with van der Waals surface area (Å²) in [5.41, 5.74) is -0.601. The normalized spacial score (nSPS) is 11.6. The Hall–Kier alpha value is -7.06. The topological polar surface area (TPSA) is 309 Å². The molecule has 0 aliphatic carbocycles. The van der Waals surface area contributed by atoms with Crippen LogP contribution in [0.5, 0.6) is 46.0 Å². The highest BCUT2D eigenvalue weighted by Crippen LogP contribution is 2.43. The highest BCUT2D eigenvalue weighted by molar-refractivity contribution is 6.02.